The Morgan fingerprint density at radius 2 is 2.26 bits per heavy atom. The number of aryl methyl sites for hydroxylation is 1. The molecule has 1 aromatic carbocycles. The van der Waals surface area contributed by atoms with Gasteiger partial charge in [-0.1, -0.05) is 17.7 Å². The summed E-state index contributed by atoms with van der Waals surface area (Å²) in [7, 11) is 0. The van der Waals surface area contributed by atoms with Crippen molar-refractivity contribution >= 4 is 11.7 Å². The van der Waals surface area contributed by atoms with Crippen LogP contribution in [0, 0.1) is 12.8 Å². The van der Waals surface area contributed by atoms with Crippen molar-refractivity contribution in [3.05, 3.63) is 35.4 Å². The predicted molar refractivity (Wildman–Crippen MR) is 74.1 cm³/mol. The molecule has 1 aromatic rings. The van der Waals surface area contributed by atoms with E-state index in [1.807, 2.05) is 25.1 Å². The molecule has 1 saturated heterocycles. The Labute approximate surface area is 113 Å². The Bertz CT molecular complexity index is 465. The summed E-state index contributed by atoms with van der Waals surface area (Å²) in [5.74, 6) is 0.361. The first-order valence-electron chi connectivity index (χ1n) is 6.72. The summed E-state index contributed by atoms with van der Waals surface area (Å²) in [5, 5.41) is 5.93. The van der Waals surface area contributed by atoms with Gasteiger partial charge in [0.15, 0.2) is 5.78 Å². The second kappa shape index (κ2) is 6.48. The number of hydrogen-bond donors (Lipinski definition) is 2. The van der Waals surface area contributed by atoms with Crippen LogP contribution in [0.5, 0.6) is 0 Å². The highest BCUT2D eigenvalue weighted by molar-refractivity contribution is 5.96. The third-order valence-electron chi connectivity index (χ3n) is 3.41. The number of Topliss-reactive ketones (excluding diaryl/α,β-unsaturated/α-hetero) is 1. The van der Waals surface area contributed by atoms with Crippen molar-refractivity contribution in [2.24, 2.45) is 5.92 Å². The number of rotatable bonds is 5. The van der Waals surface area contributed by atoms with Gasteiger partial charge < -0.3 is 10.6 Å². The van der Waals surface area contributed by atoms with Crippen molar-refractivity contribution in [1.29, 1.82) is 0 Å². The van der Waals surface area contributed by atoms with Crippen LogP contribution in [0.2, 0.25) is 0 Å². The number of nitrogens with one attached hydrogen (secondary N) is 2. The molecule has 0 bridgehead atoms. The van der Waals surface area contributed by atoms with Gasteiger partial charge in [-0.05, 0) is 44.5 Å². The Kier molecular flexibility index (Phi) is 4.68. The topological polar surface area (TPSA) is 58.2 Å². The van der Waals surface area contributed by atoms with E-state index in [2.05, 4.69) is 10.6 Å². The molecule has 1 fully saturated rings. The van der Waals surface area contributed by atoms with Gasteiger partial charge in [0.25, 0.3) is 5.91 Å². The zero-order chi connectivity index (χ0) is 13.7. The lowest BCUT2D eigenvalue weighted by Crippen LogP contribution is -2.30. The number of carbonyl (C=O) groups is 2. The molecule has 2 N–H and O–H groups in total. The molecule has 1 heterocycles. The molecule has 0 radical (unpaired) electrons. The highest BCUT2D eigenvalue weighted by atomic mass is 16.2. The standard InChI is InChI=1S/C15H20N2O2/c1-11-3-2-4-13(7-11)15(19)17-10-14(18)8-12-5-6-16-9-12/h2-4,7,12,16H,5-6,8-10H2,1H3,(H,17,19)/t12-/m0/s1. The van der Waals surface area contributed by atoms with Gasteiger partial charge in [0, 0.05) is 12.0 Å². The first-order chi connectivity index (χ1) is 9.15. The van der Waals surface area contributed by atoms with Crippen molar-refractivity contribution in [3.8, 4) is 0 Å². The van der Waals surface area contributed by atoms with Crippen LogP contribution < -0.4 is 10.6 Å². The highest BCUT2D eigenvalue weighted by Gasteiger charge is 2.18. The van der Waals surface area contributed by atoms with E-state index in [0.29, 0.717) is 17.9 Å². The molecule has 4 heteroatoms. The maximum atomic E-state index is 11.9. The fraction of sp³-hybridized carbons (Fsp3) is 0.467. The van der Waals surface area contributed by atoms with E-state index in [4.69, 9.17) is 0 Å². The molecule has 1 aliphatic heterocycles. The zero-order valence-electron chi connectivity index (χ0n) is 11.2. The minimum absolute atomic E-state index is 0.106. The van der Waals surface area contributed by atoms with E-state index in [-0.39, 0.29) is 18.2 Å². The van der Waals surface area contributed by atoms with Gasteiger partial charge in [0.2, 0.25) is 0 Å². The van der Waals surface area contributed by atoms with E-state index < -0.39 is 0 Å². The maximum Gasteiger partial charge on any atom is 0.251 e. The van der Waals surface area contributed by atoms with E-state index >= 15 is 0 Å². The van der Waals surface area contributed by atoms with Gasteiger partial charge in [-0.2, -0.15) is 0 Å². The number of ketones is 1. The summed E-state index contributed by atoms with van der Waals surface area (Å²) in [6.07, 6.45) is 1.61. The Hall–Kier alpha value is -1.68. The minimum atomic E-state index is -0.179. The molecular weight excluding hydrogens is 240 g/mol. The van der Waals surface area contributed by atoms with Crippen LogP contribution in [-0.2, 0) is 4.79 Å². The zero-order valence-corrected chi connectivity index (χ0v) is 11.2. The fourth-order valence-corrected chi connectivity index (χ4v) is 2.35. The third-order valence-corrected chi connectivity index (χ3v) is 3.41. The molecule has 0 saturated carbocycles. The quantitative estimate of drug-likeness (QED) is 0.839. The third kappa shape index (κ3) is 4.17. The Morgan fingerprint density at radius 1 is 1.42 bits per heavy atom. The summed E-state index contributed by atoms with van der Waals surface area (Å²) in [4.78, 5) is 23.6. The van der Waals surface area contributed by atoms with Crippen molar-refractivity contribution in [1.82, 2.24) is 10.6 Å². The average molecular weight is 260 g/mol. The molecule has 0 unspecified atom stereocenters. The van der Waals surface area contributed by atoms with Gasteiger partial charge in [0.1, 0.15) is 0 Å². The van der Waals surface area contributed by atoms with Gasteiger partial charge >= 0.3 is 0 Å². The van der Waals surface area contributed by atoms with Gasteiger partial charge in [0.05, 0.1) is 6.54 Å². The number of carbonyl (C=O) groups excluding carboxylic acids is 2. The van der Waals surface area contributed by atoms with Crippen LogP contribution in [0.3, 0.4) is 0 Å². The number of hydrogen-bond acceptors (Lipinski definition) is 3. The molecule has 2 rings (SSSR count). The van der Waals surface area contributed by atoms with E-state index in [9.17, 15) is 9.59 Å². The second-order valence-electron chi connectivity index (χ2n) is 5.15. The lowest BCUT2D eigenvalue weighted by atomic mass is 10.0. The second-order valence-corrected chi connectivity index (χ2v) is 5.15. The van der Waals surface area contributed by atoms with Crippen LogP contribution in [0.15, 0.2) is 24.3 Å². The summed E-state index contributed by atoms with van der Waals surface area (Å²) >= 11 is 0. The largest absolute Gasteiger partial charge is 0.345 e. The molecule has 1 amide bonds. The van der Waals surface area contributed by atoms with Crippen molar-refractivity contribution in [2.45, 2.75) is 19.8 Å². The summed E-state index contributed by atoms with van der Waals surface area (Å²) in [6.45, 7) is 3.98. The lowest BCUT2D eigenvalue weighted by Gasteiger charge is -2.08. The van der Waals surface area contributed by atoms with Crippen LogP contribution in [0.1, 0.15) is 28.8 Å². The molecular formula is C15H20N2O2. The van der Waals surface area contributed by atoms with Crippen molar-refractivity contribution < 1.29 is 9.59 Å². The molecule has 4 nitrogen and oxygen atoms in total. The monoisotopic (exact) mass is 260 g/mol. The fourth-order valence-electron chi connectivity index (χ4n) is 2.35. The summed E-state index contributed by atoms with van der Waals surface area (Å²) in [6, 6.07) is 7.36. The van der Waals surface area contributed by atoms with Crippen LogP contribution in [0.25, 0.3) is 0 Å². The lowest BCUT2D eigenvalue weighted by molar-refractivity contribution is -0.118. The first kappa shape index (κ1) is 13.7. The molecule has 0 aromatic heterocycles. The SMILES string of the molecule is Cc1cccc(C(=O)NCC(=O)C[C@@H]2CCNC2)c1. The predicted octanol–water partition coefficient (Wildman–Crippen LogP) is 1.29. The highest BCUT2D eigenvalue weighted by Crippen LogP contribution is 2.12. The molecule has 0 spiro atoms. The van der Waals surface area contributed by atoms with Gasteiger partial charge in [-0.3, -0.25) is 9.59 Å². The van der Waals surface area contributed by atoms with Crippen LogP contribution in [0.4, 0.5) is 0 Å². The molecule has 1 atom stereocenters. The average Bonchev–Trinajstić information content (AvgIpc) is 2.88. The number of amides is 1. The summed E-state index contributed by atoms with van der Waals surface area (Å²) < 4.78 is 0. The van der Waals surface area contributed by atoms with E-state index in [1.54, 1.807) is 6.07 Å². The number of benzene rings is 1. The van der Waals surface area contributed by atoms with Crippen molar-refractivity contribution in [3.63, 3.8) is 0 Å². The molecule has 19 heavy (non-hydrogen) atoms. The molecule has 1 aliphatic rings. The van der Waals surface area contributed by atoms with Gasteiger partial charge in [-0.15, -0.1) is 0 Å². The molecule has 0 aliphatic carbocycles. The van der Waals surface area contributed by atoms with E-state index in [1.165, 1.54) is 0 Å². The first-order valence-corrected chi connectivity index (χ1v) is 6.72. The smallest absolute Gasteiger partial charge is 0.251 e. The van der Waals surface area contributed by atoms with E-state index in [0.717, 1.165) is 25.1 Å². The summed E-state index contributed by atoms with van der Waals surface area (Å²) in [5.41, 5.74) is 1.64. The van der Waals surface area contributed by atoms with Crippen LogP contribution in [-0.4, -0.2) is 31.3 Å². The Balaban J connectivity index is 1.78. The Morgan fingerprint density at radius 3 is 2.95 bits per heavy atom. The molecule has 102 valence electrons. The van der Waals surface area contributed by atoms with Crippen LogP contribution >= 0.6 is 0 Å². The maximum absolute atomic E-state index is 11.9. The minimum Gasteiger partial charge on any atom is -0.345 e. The van der Waals surface area contributed by atoms with Crippen molar-refractivity contribution in [2.75, 3.05) is 19.6 Å². The normalized spacial score (nSPS) is 18.3. The van der Waals surface area contributed by atoms with Gasteiger partial charge in [-0.25, -0.2) is 0 Å².